The Bertz CT molecular complexity index is 458. The monoisotopic (exact) mass is 276 g/mol. The summed E-state index contributed by atoms with van der Waals surface area (Å²) in [6, 6.07) is 3.05. The van der Waals surface area contributed by atoms with Crippen molar-refractivity contribution in [2.45, 2.75) is 17.7 Å². The summed E-state index contributed by atoms with van der Waals surface area (Å²) in [5.74, 6) is -0.862. The number of carbonyl (C=O) groups is 2. The molecule has 2 rings (SSSR count). The SMILES string of the molecule is CC1(C(=O)NNC(=O)c2ccco2)CC1(Cl)Cl. The molecule has 1 fully saturated rings. The van der Waals surface area contributed by atoms with Gasteiger partial charge in [-0.15, -0.1) is 23.2 Å². The molecule has 0 spiro atoms. The number of hydrogen-bond acceptors (Lipinski definition) is 3. The van der Waals surface area contributed by atoms with E-state index in [9.17, 15) is 9.59 Å². The van der Waals surface area contributed by atoms with Gasteiger partial charge in [0.15, 0.2) is 5.76 Å². The lowest BCUT2D eigenvalue weighted by Gasteiger charge is -2.12. The van der Waals surface area contributed by atoms with Crippen molar-refractivity contribution in [3.8, 4) is 0 Å². The maximum atomic E-state index is 11.7. The smallest absolute Gasteiger partial charge is 0.305 e. The predicted molar refractivity (Wildman–Crippen MR) is 61.5 cm³/mol. The molecule has 2 amide bonds. The largest absolute Gasteiger partial charge is 0.459 e. The van der Waals surface area contributed by atoms with E-state index in [4.69, 9.17) is 27.6 Å². The number of carbonyl (C=O) groups excluding carboxylic acids is 2. The number of furan rings is 1. The summed E-state index contributed by atoms with van der Waals surface area (Å²) in [5, 5.41) is 0. The molecule has 92 valence electrons. The van der Waals surface area contributed by atoms with Gasteiger partial charge in [0.2, 0.25) is 5.91 Å². The van der Waals surface area contributed by atoms with Crippen molar-refractivity contribution < 1.29 is 14.0 Å². The quantitative estimate of drug-likeness (QED) is 0.637. The number of hydrazine groups is 1. The minimum atomic E-state index is -1.06. The van der Waals surface area contributed by atoms with E-state index in [1.165, 1.54) is 12.3 Å². The molecule has 1 saturated carbocycles. The Hall–Kier alpha value is -1.20. The minimum Gasteiger partial charge on any atom is -0.459 e. The van der Waals surface area contributed by atoms with Crippen LogP contribution in [0, 0.1) is 5.41 Å². The van der Waals surface area contributed by atoms with Crippen LogP contribution >= 0.6 is 23.2 Å². The van der Waals surface area contributed by atoms with Crippen LogP contribution in [0.25, 0.3) is 0 Å². The molecule has 0 saturated heterocycles. The van der Waals surface area contributed by atoms with Crippen LogP contribution in [0.5, 0.6) is 0 Å². The highest BCUT2D eigenvalue weighted by molar-refractivity contribution is 6.53. The minimum absolute atomic E-state index is 0.106. The normalized spacial score (nSPS) is 25.1. The summed E-state index contributed by atoms with van der Waals surface area (Å²) >= 11 is 11.7. The van der Waals surface area contributed by atoms with E-state index in [-0.39, 0.29) is 5.76 Å². The summed E-state index contributed by atoms with van der Waals surface area (Å²) in [7, 11) is 0. The van der Waals surface area contributed by atoms with Gasteiger partial charge in [-0.25, -0.2) is 0 Å². The Kier molecular flexibility index (Phi) is 2.83. The van der Waals surface area contributed by atoms with E-state index in [2.05, 4.69) is 10.9 Å². The van der Waals surface area contributed by atoms with Crippen LogP contribution in [-0.2, 0) is 4.79 Å². The van der Waals surface area contributed by atoms with Gasteiger partial charge in [0, 0.05) is 0 Å². The molecule has 0 aromatic carbocycles. The Labute approximate surface area is 107 Å². The molecular weight excluding hydrogens is 267 g/mol. The molecule has 1 aromatic rings. The van der Waals surface area contributed by atoms with Gasteiger partial charge < -0.3 is 4.42 Å². The number of amides is 2. The topological polar surface area (TPSA) is 71.3 Å². The van der Waals surface area contributed by atoms with Crippen LogP contribution in [0.3, 0.4) is 0 Å². The third-order valence-electron chi connectivity index (χ3n) is 2.79. The third kappa shape index (κ3) is 2.12. The first-order valence-electron chi connectivity index (χ1n) is 4.89. The first-order valence-corrected chi connectivity index (χ1v) is 5.64. The van der Waals surface area contributed by atoms with Gasteiger partial charge in [-0.3, -0.25) is 20.4 Å². The fourth-order valence-electron chi connectivity index (χ4n) is 1.37. The average Bonchev–Trinajstić information content (AvgIpc) is 2.73. The van der Waals surface area contributed by atoms with Crippen molar-refractivity contribution in [2.75, 3.05) is 0 Å². The van der Waals surface area contributed by atoms with Crippen LogP contribution in [0.1, 0.15) is 23.9 Å². The van der Waals surface area contributed by atoms with Crippen LogP contribution in [0.4, 0.5) is 0 Å². The first kappa shape index (κ1) is 12.3. The van der Waals surface area contributed by atoms with Gasteiger partial charge in [0.1, 0.15) is 4.33 Å². The number of nitrogens with one attached hydrogen (secondary N) is 2. The van der Waals surface area contributed by atoms with Crippen LogP contribution in [0.2, 0.25) is 0 Å². The average molecular weight is 277 g/mol. The van der Waals surface area contributed by atoms with E-state index in [1.54, 1.807) is 13.0 Å². The molecule has 17 heavy (non-hydrogen) atoms. The maximum Gasteiger partial charge on any atom is 0.305 e. The van der Waals surface area contributed by atoms with Crippen LogP contribution in [0.15, 0.2) is 22.8 Å². The van der Waals surface area contributed by atoms with Crippen LogP contribution < -0.4 is 10.9 Å². The van der Waals surface area contributed by atoms with E-state index >= 15 is 0 Å². The highest BCUT2D eigenvalue weighted by Crippen LogP contribution is 2.63. The lowest BCUT2D eigenvalue weighted by Crippen LogP contribution is -2.45. The van der Waals surface area contributed by atoms with Gasteiger partial charge in [-0.2, -0.15) is 0 Å². The number of alkyl halides is 2. The highest BCUT2D eigenvalue weighted by Gasteiger charge is 2.68. The zero-order valence-electron chi connectivity index (χ0n) is 8.92. The zero-order chi connectivity index (χ0) is 12.7. The van der Waals surface area contributed by atoms with E-state index < -0.39 is 21.6 Å². The first-order chi connectivity index (χ1) is 7.87. The van der Waals surface area contributed by atoms with E-state index in [0.717, 1.165) is 0 Å². The fraction of sp³-hybridized carbons (Fsp3) is 0.400. The van der Waals surface area contributed by atoms with Gasteiger partial charge in [-0.1, -0.05) is 0 Å². The van der Waals surface area contributed by atoms with Gasteiger partial charge in [0.25, 0.3) is 0 Å². The fourth-order valence-corrected chi connectivity index (χ4v) is 2.07. The lowest BCUT2D eigenvalue weighted by atomic mass is 10.1. The summed E-state index contributed by atoms with van der Waals surface area (Å²) < 4.78 is 3.79. The van der Waals surface area contributed by atoms with Crippen molar-refractivity contribution in [1.29, 1.82) is 0 Å². The number of hydrogen-bond donors (Lipinski definition) is 2. The molecule has 7 heteroatoms. The van der Waals surface area contributed by atoms with Gasteiger partial charge >= 0.3 is 5.91 Å². The lowest BCUT2D eigenvalue weighted by molar-refractivity contribution is -0.126. The van der Waals surface area contributed by atoms with Gasteiger partial charge in [0.05, 0.1) is 11.7 Å². The second-order valence-corrected chi connectivity index (χ2v) is 5.58. The summed E-state index contributed by atoms with van der Waals surface area (Å²) in [6.07, 6.45) is 1.72. The molecule has 1 heterocycles. The molecule has 1 aromatic heterocycles. The Balaban J connectivity index is 1.88. The Morgan fingerprint density at radius 2 is 2.06 bits per heavy atom. The maximum absolute atomic E-state index is 11.7. The molecule has 1 atom stereocenters. The molecular formula is C10H10Cl2N2O3. The summed E-state index contributed by atoms with van der Waals surface area (Å²) in [5.41, 5.74) is 3.61. The third-order valence-corrected chi connectivity index (χ3v) is 3.89. The van der Waals surface area contributed by atoms with Crippen molar-refractivity contribution in [3.63, 3.8) is 0 Å². The van der Waals surface area contributed by atoms with Crippen molar-refractivity contribution in [2.24, 2.45) is 5.41 Å². The van der Waals surface area contributed by atoms with Crippen molar-refractivity contribution in [3.05, 3.63) is 24.2 Å². The van der Waals surface area contributed by atoms with Crippen molar-refractivity contribution in [1.82, 2.24) is 10.9 Å². The summed E-state index contributed by atoms with van der Waals surface area (Å²) in [4.78, 5) is 23.1. The molecule has 1 unspecified atom stereocenters. The number of halogens is 2. The van der Waals surface area contributed by atoms with E-state index in [1.807, 2.05) is 0 Å². The second-order valence-electron chi connectivity index (χ2n) is 4.10. The van der Waals surface area contributed by atoms with E-state index in [0.29, 0.717) is 6.42 Å². The van der Waals surface area contributed by atoms with Crippen LogP contribution in [-0.4, -0.2) is 16.1 Å². The molecule has 0 aliphatic heterocycles. The molecule has 0 radical (unpaired) electrons. The molecule has 1 aliphatic rings. The number of rotatable bonds is 2. The second kappa shape index (κ2) is 3.92. The predicted octanol–water partition coefficient (Wildman–Crippen LogP) is 1.62. The van der Waals surface area contributed by atoms with Gasteiger partial charge in [-0.05, 0) is 25.5 Å². The van der Waals surface area contributed by atoms with Crippen molar-refractivity contribution >= 4 is 35.0 Å². The molecule has 0 bridgehead atoms. The Morgan fingerprint density at radius 3 is 2.53 bits per heavy atom. The summed E-state index contributed by atoms with van der Waals surface area (Å²) in [6.45, 7) is 1.63. The molecule has 2 N–H and O–H groups in total. The Morgan fingerprint density at radius 1 is 1.41 bits per heavy atom. The standard InChI is InChI=1S/C10H10Cl2N2O3/c1-9(5-10(9,11)12)8(16)14-13-7(15)6-3-2-4-17-6/h2-4H,5H2,1H3,(H,13,15)(H,14,16). The molecule has 1 aliphatic carbocycles. The highest BCUT2D eigenvalue weighted by atomic mass is 35.5. The zero-order valence-corrected chi connectivity index (χ0v) is 10.4. The molecule has 5 nitrogen and oxygen atoms in total.